The van der Waals surface area contributed by atoms with Crippen LogP contribution >= 0.6 is 7.92 Å². The van der Waals surface area contributed by atoms with Gasteiger partial charge in [-0.3, -0.25) is 0 Å². The molecule has 2 heteroatoms. The van der Waals surface area contributed by atoms with Crippen molar-refractivity contribution in [2.75, 3.05) is 12.3 Å². The Morgan fingerprint density at radius 1 is 0.694 bits per heavy atom. The van der Waals surface area contributed by atoms with Crippen molar-refractivity contribution in [3.8, 4) is 5.75 Å². The van der Waals surface area contributed by atoms with E-state index in [1.165, 1.54) is 101 Å². The molecule has 0 saturated carbocycles. The second-order valence-corrected chi connectivity index (χ2v) is 14.3. The van der Waals surface area contributed by atoms with Crippen molar-refractivity contribution in [2.24, 2.45) is 0 Å². The van der Waals surface area contributed by atoms with Crippen molar-refractivity contribution < 1.29 is 5.11 Å². The summed E-state index contributed by atoms with van der Waals surface area (Å²) in [5.74, 6) is 0.595. The van der Waals surface area contributed by atoms with Gasteiger partial charge < -0.3 is 5.11 Å². The molecule has 2 rings (SSSR count). The summed E-state index contributed by atoms with van der Waals surface area (Å²) in [4.78, 5) is 0. The summed E-state index contributed by atoms with van der Waals surface area (Å²) in [7, 11) is -0.0669. The standard InChI is InChI=1S/C34H55OP/c1-7-9-11-13-15-17-25-36(26-18-16-14-12-10-8-2)31-22-19-29(20-23-31)28(3)32-27-30(34(4,5)6)21-24-33(32)35/h19-24,27-28,35H,7-18,25-26H2,1-6H3. The van der Waals surface area contributed by atoms with Crippen LogP contribution in [0.2, 0.25) is 0 Å². The Morgan fingerprint density at radius 2 is 1.19 bits per heavy atom. The van der Waals surface area contributed by atoms with E-state index in [1.54, 1.807) is 5.30 Å². The lowest BCUT2D eigenvalue weighted by Gasteiger charge is -2.23. The van der Waals surface area contributed by atoms with Gasteiger partial charge in [-0.1, -0.05) is 150 Å². The molecule has 1 nitrogen and oxygen atoms in total. The Bertz CT molecular complexity index is 832. The maximum Gasteiger partial charge on any atom is 0.119 e. The fourth-order valence-corrected chi connectivity index (χ4v) is 7.58. The van der Waals surface area contributed by atoms with E-state index in [-0.39, 0.29) is 19.3 Å². The number of phenols is 1. The molecule has 0 bridgehead atoms. The molecule has 0 heterocycles. The molecule has 0 aliphatic heterocycles. The lowest BCUT2D eigenvalue weighted by Crippen LogP contribution is -2.12. The molecule has 36 heavy (non-hydrogen) atoms. The third-order valence-corrected chi connectivity index (χ3v) is 10.4. The molecule has 0 amide bonds. The minimum Gasteiger partial charge on any atom is -0.508 e. The Hall–Kier alpha value is -1.33. The highest BCUT2D eigenvalue weighted by molar-refractivity contribution is 7.65. The SMILES string of the molecule is CCCCCCCCP(CCCCCCCC)c1ccc(C(C)c2cc(C(C)(C)C)ccc2O)cc1. The molecule has 2 aromatic rings. The quantitative estimate of drug-likeness (QED) is 0.166. The van der Waals surface area contributed by atoms with Crippen molar-refractivity contribution in [3.63, 3.8) is 0 Å². The van der Waals surface area contributed by atoms with E-state index in [1.807, 2.05) is 6.07 Å². The Kier molecular flexibility index (Phi) is 14.2. The maximum absolute atomic E-state index is 10.6. The van der Waals surface area contributed by atoms with Crippen LogP contribution in [0, 0.1) is 0 Å². The first kappa shape index (κ1) is 30.9. The third-order valence-electron chi connectivity index (χ3n) is 7.68. The van der Waals surface area contributed by atoms with Gasteiger partial charge in [-0.15, -0.1) is 0 Å². The Labute approximate surface area is 225 Å². The predicted molar refractivity (Wildman–Crippen MR) is 164 cm³/mol. The molecule has 1 N–H and O–H groups in total. The van der Waals surface area contributed by atoms with Gasteiger partial charge in [-0.25, -0.2) is 0 Å². The summed E-state index contributed by atoms with van der Waals surface area (Å²) in [5.41, 5.74) is 3.69. The zero-order chi connectivity index (χ0) is 26.4. The van der Waals surface area contributed by atoms with Crippen LogP contribution in [-0.2, 0) is 5.41 Å². The van der Waals surface area contributed by atoms with Crippen LogP contribution in [0.4, 0.5) is 0 Å². The molecule has 1 atom stereocenters. The van der Waals surface area contributed by atoms with E-state index in [4.69, 9.17) is 0 Å². The molecule has 0 fully saturated rings. The molecule has 0 aliphatic rings. The third kappa shape index (κ3) is 10.6. The van der Waals surface area contributed by atoms with Gasteiger partial charge in [0.25, 0.3) is 0 Å². The largest absolute Gasteiger partial charge is 0.508 e. The fraction of sp³-hybridized carbons (Fsp3) is 0.647. The Balaban J connectivity index is 2.07. The van der Waals surface area contributed by atoms with Crippen LogP contribution < -0.4 is 5.30 Å². The summed E-state index contributed by atoms with van der Waals surface area (Å²) in [6, 6.07) is 15.6. The van der Waals surface area contributed by atoms with Gasteiger partial charge >= 0.3 is 0 Å². The molecular formula is C34H55OP. The second kappa shape index (κ2) is 16.5. The average Bonchev–Trinajstić information content (AvgIpc) is 2.86. The number of phenolic OH excluding ortho intramolecular Hbond substituents is 1. The average molecular weight is 511 g/mol. The first-order chi connectivity index (χ1) is 17.3. The summed E-state index contributed by atoms with van der Waals surface area (Å²) in [6.07, 6.45) is 19.4. The summed E-state index contributed by atoms with van der Waals surface area (Å²) < 4.78 is 0. The van der Waals surface area contributed by atoms with Crippen LogP contribution in [0.3, 0.4) is 0 Å². The molecule has 0 saturated heterocycles. The number of hydrogen-bond donors (Lipinski definition) is 1. The summed E-state index contributed by atoms with van der Waals surface area (Å²) in [6.45, 7) is 13.5. The van der Waals surface area contributed by atoms with Crippen LogP contribution in [-0.4, -0.2) is 17.4 Å². The summed E-state index contributed by atoms with van der Waals surface area (Å²) in [5, 5.41) is 12.2. The molecule has 1 unspecified atom stereocenters. The van der Waals surface area contributed by atoms with E-state index in [0.717, 1.165) is 5.56 Å². The van der Waals surface area contributed by atoms with Crippen molar-refractivity contribution in [3.05, 3.63) is 59.2 Å². The fourth-order valence-electron chi connectivity index (χ4n) is 5.06. The number of rotatable bonds is 17. The number of unbranched alkanes of at least 4 members (excludes halogenated alkanes) is 10. The normalized spacial score (nSPS) is 12.9. The monoisotopic (exact) mass is 510 g/mol. The topological polar surface area (TPSA) is 20.2 Å². The first-order valence-corrected chi connectivity index (χ1v) is 16.7. The molecule has 0 spiro atoms. The van der Waals surface area contributed by atoms with Gasteiger partial charge in [-0.05, 0) is 53.1 Å². The van der Waals surface area contributed by atoms with Crippen molar-refractivity contribution in [1.82, 2.24) is 0 Å². The van der Waals surface area contributed by atoms with Crippen LogP contribution in [0.15, 0.2) is 42.5 Å². The molecule has 2 aromatic carbocycles. The van der Waals surface area contributed by atoms with E-state index in [2.05, 4.69) is 77.9 Å². The van der Waals surface area contributed by atoms with Gasteiger partial charge in [0, 0.05) is 11.5 Å². The summed E-state index contributed by atoms with van der Waals surface area (Å²) >= 11 is 0. The molecule has 202 valence electrons. The maximum atomic E-state index is 10.6. The minimum atomic E-state index is -0.0669. The van der Waals surface area contributed by atoms with E-state index < -0.39 is 0 Å². The smallest absolute Gasteiger partial charge is 0.119 e. The lowest BCUT2D eigenvalue weighted by molar-refractivity contribution is 0.464. The molecular weight excluding hydrogens is 455 g/mol. The highest BCUT2D eigenvalue weighted by Crippen LogP contribution is 2.39. The van der Waals surface area contributed by atoms with Crippen LogP contribution in [0.5, 0.6) is 5.75 Å². The van der Waals surface area contributed by atoms with E-state index in [9.17, 15) is 5.11 Å². The van der Waals surface area contributed by atoms with Crippen molar-refractivity contribution >= 4 is 13.2 Å². The van der Waals surface area contributed by atoms with Gasteiger partial charge in [0.05, 0.1) is 0 Å². The van der Waals surface area contributed by atoms with E-state index >= 15 is 0 Å². The van der Waals surface area contributed by atoms with Gasteiger partial charge in [0.2, 0.25) is 0 Å². The van der Waals surface area contributed by atoms with Crippen LogP contribution in [0.25, 0.3) is 0 Å². The Morgan fingerprint density at radius 3 is 1.69 bits per heavy atom. The first-order valence-electron chi connectivity index (χ1n) is 15.0. The minimum absolute atomic E-state index is 0.0669. The van der Waals surface area contributed by atoms with Gasteiger partial charge in [-0.2, -0.15) is 0 Å². The lowest BCUT2D eigenvalue weighted by atomic mass is 9.83. The van der Waals surface area contributed by atoms with Crippen molar-refractivity contribution in [2.45, 2.75) is 130 Å². The molecule has 0 radical (unpaired) electrons. The van der Waals surface area contributed by atoms with E-state index in [0.29, 0.717) is 5.75 Å². The zero-order valence-corrected chi connectivity index (χ0v) is 25.3. The van der Waals surface area contributed by atoms with Crippen LogP contribution in [0.1, 0.15) is 141 Å². The highest BCUT2D eigenvalue weighted by atomic mass is 31.1. The van der Waals surface area contributed by atoms with Gasteiger partial charge in [0.15, 0.2) is 0 Å². The predicted octanol–water partition coefficient (Wildman–Crippen LogP) is 10.7. The highest BCUT2D eigenvalue weighted by Gasteiger charge is 2.19. The second-order valence-electron chi connectivity index (χ2n) is 11.9. The van der Waals surface area contributed by atoms with Gasteiger partial charge in [0.1, 0.15) is 5.75 Å². The number of hydrogen-bond acceptors (Lipinski definition) is 1. The van der Waals surface area contributed by atoms with Crippen molar-refractivity contribution in [1.29, 1.82) is 0 Å². The number of aromatic hydroxyl groups is 1. The molecule has 0 aliphatic carbocycles. The molecule has 0 aromatic heterocycles. The number of benzene rings is 2. The zero-order valence-electron chi connectivity index (χ0n) is 24.4.